The molecule has 0 fully saturated rings. The molecular weight excluding hydrogens is 405 g/mol. The standard InChI is InChI=1S/C17H16ClF3N2O3S/c1-27(25,26)23(11-16(24)22-10-12-5-3-2-4-6-12)13-7-8-15(18)14(9-13)17(19,20)21/h2-9H,10-11H2,1H3,(H,22,24). The number of benzene rings is 2. The summed E-state index contributed by atoms with van der Waals surface area (Å²) in [6, 6.07) is 11.5. The molecule has 2 aromatic carbocycles. The first kappa shape index (κ1) is 21.0. The summed E-state index contributed by atoms with van der Waals surface area (Å²) in [5, 5.41) is 1.97. The maximum Gasteiger partial charge on any atom is 0.417 e. The number of sulfonamides is 1. The minimum Gasteiger partial charge on any atom is -0.350 e. The van der Waals surface area contributed by atoms with Crippen LogP contribution in [0.1, 0.15) is 11.1 Å². The Morgan fingerprint density at radius 3 is 2.33 bits per heavy atom. The van der Waals surface area contributed by atoms with E-state index in [1.807, 2.05) is 0 Å². The molecule has 0 aliphatic carbocycles. The number of nitrogens with one attached hydrogen (secondary N) is 1. The lowest BCUT2D eigenvalue weighted by molar-refractivity contribution is -0.137. The molecular formula is C17H16ClF3N2O3S. The maximum atomic E-state index is 13.0. The van der Waals surface area contributed by atoms with Gasteiger partial charge in [-0.05, 0) is 23.8 Å². The zero-order valence-electron chi connectivity index (χ0n) is 14.1. The van der Waals surface area contributed by atoms with E-state index in [1.54, 1.807) is 30.3 Å². The third-order valence-electron chi connectivity index (χ3n) is 3.56. The van der Waals surface area contributed by atoms with Gasteiger partial charge in [-0.3, -0.25) is 9.10 Å². The van der Waals surface area contributed by atoms with Gasteiger partial charge in [0, 0.05) is 6.54 Å². The van der Waals surface area contributed by atoms with Crippen molar-refractivity contribution in [3.63, 3.8) is 0 Å². The van der Waals surface area contributed by atoms with E-state index in [4.69, 9.17) is 11.6 Å². The lowest BCUT2D eigenvalue weighted by Gasteiger charge is -2.23. The molecule has 0 unspecified atom stereocenters. The monoisotopic (exact) mass is 420 g/mol. The molecule has 2 rings (SSSR count). The van der Waals surface area contributed by atoms with E-state index >= 15 is 0 Å². The van der Waals surface area contributed by atoms with Crippen LogP contribution in [-0.4, -0.2) is 27.1 Å². The van der Waals surface area contributed by atoms with Crippen LogP contribution in [0.3, 0.4) is 0 Å². The minimum absolute atomic E-state index is 0.158. The van der Waals surface area contributed by atoms with Crippen molar-refractivity contribution in [1.82, 2.24) is 5.32 Å². The largest absolute Gasteiger partial charge is 0.417 e. The van der Waals surface area contributed by atoms with Crippen LogP contribution in [0, 0.1) is 0 Å². The molecule has 5 nitrogen and oxygen atoms in total. The molecule has 27 heavy (non-hydrogen) atoms. The molecule has 0 aliphatic rings. The Kier molecular flexibility index (Phi) is 6.38. The zero-order chi connectivity index (χ0) is 20.2. The fraction of sp³-hybridized carbons (Fsp3) is 0.235. The van der Waals surface area contributed by atoms with Gasteiger partial charge in [0.2, 0.25) is 15.9 Å². The summed E-state index contributed by atoms with van der Waals surface area (Å²) in [6.45, 7) is -0.504. The third kappa shape index (κ3) is 5.86. The van der Waals surface area contributed by atoms with Gasteiger partial charge in [0.05, 0.1) is 22.5 Å². The van der Waals surface area contributed by atoms with E-state index in [2.05, 4.69) is 5.32 Å². The van der Waals surface area contributed by atoms with Crippen LogP contribution in [0.15, 0.2) is 48.5 Å². The van der Waals surface area contributed by atoms with Crippen LogP contribution in [-0.2, 0) is 27.5 Å². The molecule has 0 radical (unpaired) electrons. The average molecular weight is 421 g/mol. The van der Waals surface area contributed by atoms with Crippen molar-refractivity contribution in [3.8, 4) is 0 Å². The van der Waals surface area contributed by atoms with E-state index in [9.17, 15) is 26.4 Å². The lowest BCUT2D eigenvalue weighted by atomic mass is 10.2. The average Bonchev–Trinajstić information content (AvgIpc) is 2.57. The van der Waals surface area contributed by atoms with Gasteiger partial charge in [-0.1, -0.05) is 41.9 Å². The van der Waals surface area contributed by atoms with Crippen molar-refractivity contribution in [1.29, 1.82) is 0 Å². The topological polar surface area (TPSA) is 66.5 Å². The molecule has 1 amide bonds. The van der Waals surface area contributed by atoms with Crippen LogP contribution >= 0.6 is 11.6 Å². The summed E-state index contributed by atoms with van der Waals surface area (Å²) < 4.78 is 63.7. The summed E-state index contributed by atoms with van der Waals surface area (Å²) in [5.74, 6) is -0.659. The molecule has 0 spiro atoms. The van der Waals surface area contributed by atoms with Crippen LogP contribution in [0.25, 0.3) is 0 Å². The highest BCUT2D eigenvalue weighted by Crippen LogP contribution is 2.37. The van der Waals surface area contributed by atoms with Crippen molar-refractivity contribution >= 4 is 33.2 Å². The number of rotatable bonds is 6. The molecule has 0 aliphatic heterocycles. The molecule has 10 heteroatoms. The van der Waals surface area contributed by atoms with E-state index in [0.717, 1.165) is 24.0 Å². The Hall–Kier alpha value is -2.26. The third-order valence-corrected chi connectivity index (χ3v) is 5.03. The van der Waals surface area contributed by atoms with Crippen LogP contribution < -0.4 is 9.62 Å². The number of carbonyl (C=O) groups excluding carboxylic acids is 1. The van der Waals surface area contributed by atoms with E-state index in [0.29, 0.717) is 10.4 Å². The van der Waals surface area contributed by atoms with Crippen LogP contribution in [0.5, 0.6) is 0 Å². The first-order valence-corrected chi connectivity index (χ1v) is 9.86. The predicted octanol–water partition coefficient (Wildman–Crippen LogP) is 3.44. The fourth-order valence-electron chi connectivity index (χ4n) is 2.27. The zero-order valence-corrected chi connectivity index (χ0v) is 15.7. The summed E-state index contributed by atoms with van der Waals surface area (Å²) in [6.07, 6.45) is -3.95. The molecule has 1 N–H and O–H groups in total. The molecule has 0 saturated carbocycles. The Balaban J connectivity index is 2.23. The second-order valence-electron chi connectivity index (χ2n) is 5.69. The van der Waals surface area contributed by atoms with E-state index < -0.39 is 39.2 Å². The fourth-order valence-corrected chi connectivity index (χ4v) is 3.34. The quantitative estimate of drug-likeness (QED) is 0.778. The van der Waals surface area contributed by atoms with Gasteiger partial charge in [-0.2, -0.15) is 13.2 Å². The molecule has 146 valence electrons. The van der Waals surface area contributed by atoms with Gasteiger partial charge in [-0.25, -0.2) is 8.42 Å². The number of nitrogens with zero attached hydrogens (tertiary/aromatic N) is 1. The number of hydrogen-bond acceptors (Lipinski definition) is 3. The van der Waals surface area contributed by atoms with Crippen LogP contribution in [0.4, 0.5) is 18.9 Å². The highest BCUT2D eigenvalue weighted by molar-refractivity contribution is 7.92. The first-order chi connectivity index (χ1) is 12.5. The molecule has 2 aromatic rings. The van der Waals surface area contributed by atoms with Crippen LogP contribution in [0.2, 0.25) is 5.02 Å². The number of alkyl halides is 3. The molecule has 0 bridgehead atoms. The first-order valence-electron chi connectivity index (χ1n) is 7.63. The molecule has 0 atom stereocenters. The maximum absolute atomic E-state index is 13.0. The smallest absolute Gasteiger partial charge is 0.350 e. The summed E-state index contributed by atoms with van der Waals surface area (Å²) >= 11 is 5.56. The highest BCUT2D eigenvalue weighted by atomic mass is 35.5. The van der Waals surface area contributed by atoms with Gasteiger partial charge in [0.25, 0.3) is 0 Å². The molecule has 0 aromatic heterocycles. The molecule has 0 saturated heterocycles. The Morgan fingerprint density at radius 1 is 1.15 bits per heavy atom. The normalized spacial score (nSPS) is 11.9. The second-order valence-corrected chi connectivity index (χ2v) is 8.01. The van der Waals surface area contributed by atoms with Crippen molar-refractivity contribution in [2.75, 3.05) is 17.1 Å². The number of anilines is 1. The summed E-state index contributed by atoms with van der Waals surface area (Å²) in [5.41, 5.74) is -0.688. The van der Waals surface area contributed by atoms with E-state index in [-0.39, 0.29) is 12.2 Å². The Morgan fingerprint density at radius 2 is 1.78 bits per heavy atom. The van der Waals surface area contributed by atoms with Crippen molar-refractivity contribution in [3.05, 3.63) is 64.7 Å². The van der Waals surface area contributed by atoms with Gasteiger partial charge in [-0.15, -0.1) is 0 Å². The highest BCUT2D eigenvalue weighted by Gasteiger charge is 2.34. The van der Waals surface area contributed by atoms with Gasteiger partial charge in [0.15, 0.2) is 0 Å². The Labute approximate surface area is 159 Å². The Bertz CT molecular complexity index is 919. The predicted molar refractivity (Wildman–Crippen MR) is 96.9 cm³/mol. The minimum atomic E-state index is -4.76. The summed E-state index contributed by atoms with van der Waals surface area (Å²) in [7, 11) is -4.01. The second kappa shape index (κ2) is 8.18. The van der Waals surface area contributed by atoms with E-state index in [1.165, 1.54) is 0 Å². The number of amides is 1. The lowest BCUT2D eigenvalue weighted by Crippen LogP contribution is -2.40. The number of carbonyl (C=O) groups is 1. The number of halogens is 4. The molecule has 0 heterocycles. The summed E-state index contributed by atoms with van der Waals surface area (Å²) in [4.78, 5) is 12.1. The SMILES string of the molecule is CS(=O)(=O)N(CC(=O)NCc1ccccc1)c1ccc(Cl)c(C(F)(F)F)c1. The van der Waals surface area contributed by atoms with Crippen molar-refractivity contribution in [2.45, 2.75) is 12.7 Å². The van der Waals surface area contributed by atoms with Gasteiger partial charge >= 0.3 is 6.18 Å². The van der Waals surface area contributed by atoms with Gasteiger partial charge in [0.1, 0.15) is 6.54 Å². The van der Waals surface area contributed by atoms with Gasteiger partial charge < -0.3 is 5.32 Å². The number of hydrogen-bond donors (Lipinski definition) is 1. The van der Waals surface area contributed by atoms with Crippen molar-refractivity contribution in [2.24, 2.45) is 0 Å². The van der Waals surface area contributed by atoms with Crippen molar-refractivity contribution < 1.29 is 26.4 Å².